The molecule has 0 unspecified atom stereocenters. The fraction of sp³-hybridized carbons (Fsp3) is 0.391. The van der Waals surface area contributed by atoms with Crippen LogP contribution in [0.3, 0.4) is 0 Å². The number of amides is 2. The standard InChI is InChI=1S/C23H27FN2O2/c24-21-8-4-7-20(15-21)16-22(27)25-17-23(28)26-13-11-19(12-14-26)10-9-18-5-2-1-3-6-18/h1-8,15,19H,9-14,16-17H2,(H,25,27). The summed E-state index contributed by atoms with van der Waals surface area (Å²) in [5, 5.41) is 2.65. The maximum Gasteiger partial charge on any atom is 0.241 e. The van der Waals surface area contributed by atoms with Crippen molar-refractivity contribution in [1.82, 2.24) is 10.2 Å². The number of likely N-dealkylation sites (tertiary alicyclic amines) is 1. The van der Waals surface area contributed by atoms with Gasteiger partial charge in [0.1, 0.15) is 5.82 Å². The van der Waals surface area contributed by atoms with Crippen LogP contribution in [0.1, 0.15) is 30.4 Å². The van der Waals surface area contributed by atoms with Crippen molar-refractivity contribution in [1.29, 1.82) is 0 Å². The number of nitrogens with zero attached hydrogens (tertiary/aromatic N) is 1. The van der Waals surface area contributed by atoms with Gasteiger partial charge in [0.05, 0.1) is 13.0 Å². The fourth-order valence-corrected chi connectivity index (χ4v) is 3.67. The number of halogens is 1. The molecule has 5 heteroatoms. The van der Waals surface area contributed by atoms with Crippen LogP contribution in [-0.4, -0.2) is 36.3 Å². The van der Waals surface area contributed by atoms with Crippen LogP contribution in [-0.2, 0) is 22.4 Å². The third-order valence-electron chi connectivity index (χ3n) is 5.34. The molecule has 28 heavy (non-hydrogen) atoms. The maximum atomic E-state index is 13.2. The Morgan fingerprint density at radius 3 is 2.43 bits per heavy atom. The van der Waals surface area contributed by atoms with Gasteiger partial charge < -0.3 is 10.2 Å². The van der Waals surface area contributed by atoms with Crippen LogP contribution in [0.15, 0.2) is 54.6 Å². The van der Waals surface area contributed by atoms with Crippen molar-refractivity contribution in [2.75, 3.05) is 19.6 Å². The molecule has 2 aromatic carbocycles. The van der Waals surface area contributed by atoms with E-state index in [1.54, 1.807) is 12.1 Å². The van der Waals surface area contributed by atoms with E-state index in [0.29, 0.717) is 11.5 Å². The zero-order chi connectivity index (χ0) is 19.8. The average Bonchev–Trinajstić information content (AvgIpc) is 2.72. The summed E-state index contributed by atoms with van der Waals surface area (Å²) in [4.78, 5) is 26.2. The number of carbonyl (C=O) groups is 2. The van der Waals surface area contributed by atoms with Crippen LogP contribution in [0, 0.1) is 11.7 Å². The van der Waals surface area contributed by atoms with Crippen molar-refractivity contribution in [3.63, 3.8) is 0 Å². The predicted molar refractivity (Wildman–Crippen MR) is 107 cm³/mol. The summed E-state index contributed by atoms with van der Waals surface area (Å²) in [6.07, 6.45) is 4.32. The lowest BCUT2D eigenvalue weighted by Gasteiger charge is -2.32. The van der Waals surface area contributed by atoms with E-state index in [4.69, 9.17) is 0 Å². The summed E-state index contributed by atoms with van der Waals surface area (Å²) >= 11 is 0. The number of hydrogen-bond acceptors (Lipinski definition) is 2. The predicted octanol–water partition coefficient (Wildman–Crippen LogP) is 3.36. The second-order valence-corrected chi connectivity index (χ2v) is 7.43. The van der Waals surface area contributed by atoms with Crippen LogP contribution in [0.2, 0.25) is 0 Å². The van der Waals surface area contributed by atoms with Gasteiger partial charge in [-0.25, -0.2) is 4.39 Å². The summed E-state index contributed by atoms with van der Waals surface area (Å²) in [6, 6.07) is 16.4. The third-order valence-corrected chi connectivity index (χ3v) is 5.34. The largest absolute Gasteiger partial charge is 0.347 e. The normalized spacial score (nSPS) is 14.7. The summed E-state index contributed by atoms with van der Waals surface area (Å²) in [5.74, 6) is -0.0332. The molecule has 0 spiro atoms. The molecule has 2 amide bonds. The number of carbonyl (C=O) groups excluding carboxylic acids is 2. The third kappa shape index (κ3) is 6.19. The first-order valence-corrected chi connectivity index (χ1v) is 9.93. The molecule has 0 bridgehead atoms. The number of aryl methyl sites for hydroxylation is 1. The number of hydrogen-bond donors (Lipinski definition) is 1. The van der Waals surface area contributed by atoms with E-state index in [-0.39, 0.29) is 30.6 Å². The maximum absolute atomic E-state index is 13.2. The van der Waals surface area contributed by atoms with Crippen molar-refractivity contribution in [3.8, 4) is 0 Å². The minimum Gasteiger partial charge on any atom is -0.347 e. The Bertz CT molecular complexity index is 786. The van der Waals surface area contributed by atoms with Crippen LogP contribution in [0.4, 0.5) is 4.39 Å². The highest BCUT2D eigenvalue weighted by atomic mass is 19.1. The Labute approximate surface area is 165 Å². The zero-order valence-electron chi connectivity index (χ0n) is 16.1. The Kier molecular flexibility index (Phi) is 7.18. The molecule has 1 aliphatic heterocycles. The quantitative estimate of drug-likeness (QED) is 0.798. The Balaban J connectivity index is 1.35. The van der Waals surface area contributed by atoms with E-state index >= 15 is 0 Å². The van der Waals surface area contributed by atoms with Gasteiger partial charge in [-0.15, -0.1) is 0 Å². The molecule has 1 N–H and O–H groups in total. The molecule has 148 valence electrons. The minimum absolute atomic E-state index is 0.00281. The van der Waals surface area contributed by atoms with Crippen molar-refractivity contribution < 1.29 is 14.0 Å². The van der Waals surface area contributed by atoms with Gasteiger partial charge in [-0.1, -0.05) is 42.5 Å². The molecule has 1 heterocycles. The average molecular weight is 382 g/mol. The first-order chi connectivity index (χ1) is 13.6. The molecule has 4 nitrogen and oxygen atoms in total. The van der Waals surface area contributed by atoms with Crippen LogP contribution >= 0.6 is 0 Å². The molecule has 0 aromatic heterocycles. The topological polar surface area (TPSA) is 49.4 Å². The Morgan fingerprint density at radius 2 is 1.71 bits per heavy atom. The Morgan fingerprint density at radius 1 is 1.00 bits per heavy atom. The van der Waals surface area contributed by atoms with Crippen molar-refractivity contribution in [2.45, 2.75) is 32.1 Å². The number of nitrogens with one attached hydrogen (secondary N) is 1. The lowest BCUT2D eigenvalue weighted by molar-refractivity contribution is -0.133. The van der Waals surface area contributed by atoms with Crippen molar-refractivity contribution >= 4 is 11.8 Å². The van der Waals surface area contributed by atoms with Gasteiger partial charge in [-0.05, 0) is 54.9 Å². The van der Waals surface area contributed by atoms with Crippen molar-refractivity contribution in [3.05, 3.63) is 71.5 Å². The second-order valence-electron chi connectivity index (χ2n) is 7.43. The lowest BCUT2D eigenvalue weighted by atomic mass is 9.90. The SMILES string of the molecule is O=C(Cc1cccc(F)c1)NCC(=O)N1CCC(CCc2ccccc2)CC1. The number of benzene rings is 2. The van der Waals surface area contributed by atoms with Crippen LogP contribution in [0.5, 0.6) is 0 Å². The lowest BCUT2D eigenvalue weighted by Crippen LogP contribution is -2.44. The number of rotatable bonds is 7. The van der Waals surface area contributed by atoms with E-state index in [0.717, 1.165) is 38.8 Å². The summed E-state index contributed by atoms with van der Waals surface area (Å²) in [6.45, 7) is 1.50. The second kappa shape index (κ2) is 10.0. The molecular formula is C23H27FN2O2. The highest BCUT2D eigenvalue weighted by Crippen LogP contribution is 2.22. The monoisotopic (exact) mass is 382 g/mol. The van der Waals surface area contributed by atoms with Gasteiger partial charge in [0.2, 0.25) is 11.8 Å². The molecule has 0 saturated carbocycles. The summed E-state index contributed by atoms with van der Waals surface area (Å²) in [7, 11) is 0. The molecule has 1 fully saturated rings. The van der Waals surface area contributed by atoms with Gasteiger partial charge in [0.25, 0.3) is 0 Å². The highest BCUT2D eigenvalue weighted by molar-refractivity contribution is 5.85. The van der Waals surface area contributed by atoms with E-state index in [2.05, 4.69) is 29.6 Å². The smallest absolute Gasteiger partial charge is 0.241 e. The first kappa shape index (κ1) is 20.1. The zero-order valence-corrected chi connectivity index (χ0v) is 16.1. The van der Waals surface area contributed by atoms with Crippen molar-refractivity contribution in [2.24, 2.45) is 5.92 Å². The molecule has 2 aromatic rings. The van der Waals surface area contributed by atoms with Crippen LogP contribution < -0.4 is 5.32 Å². The molecule has 0 atom stereocenters. The van der Waals surface area contributed by atoms with Crippen LogP contribution in [0.25, 0.3) is 0 Å². The summed E-state index contributed by atoms with van der Waals surface area (Å²) in [5.41, 5.74) is 1.96. The van der Waals surface area contributed by atoms with E-state index in [1.165, 1.54) is 17.7 Å². The summed E-state index contributed by atoms with van der Waals surface area (Å²) < 4.78 is 13.2. The fourth-order valence-electron chi connectivity index (χ4n) is 3.67. The van der Waals surface area contributed by atoms with Gasteiger partial charge >= 0.3 is 0 Å². The van der Waals surface area contributed by atoms with Gasteiger partial charge in [0.15, 0.2) is 0 Å². The molecule has 1 aliphatic rings. The first-order valence-electron chi connectivity index (χ1n) is 9.93. The minimum atomic E-state index is -0.364. The molecule has 3 rings (SSSR count). The molecule has 0 radical (unpaired) electrons. The van der Waals surface area contributed by atoms with E-state index in [1.807, 2.05) is 11.0 Å². The van der Waals surface area contributed by atoms with Gasteiger partial charge in [-0.2, -0.15) is 0 Å². The van der Waals surface area contributed by atoms with E-state index < -0.39 is 0 Å². The van der Waals surface area contributed by atoms with E-state index in [9.17, 15) is 14.0 Å². The van der Waals surface area contributed by atoms with Gasteiger partial charge in [-0.3, -0.25) is 9.59 Å². The highest BCUT2D eigenvalue weighted by Gasteiger charge is 2.22. The Hall–Kier alpha value is -2.69. The molecule has 0 aliphatic carbocycles. The van der Waals surface area contributed by atoms with Gasteiger partial charge in [0, 0.05) is 13.1 Å². The molecular weight excluding hydrogens is 355 g/mol. The molecule has 1 saturated heterocycles. The number of piperidine rings is 1.